The summed E-state index contributed by atoms with van der Waals surface area (Å²) in [5.41, 5.74) is 3.04. The first-order valence-electron chi connectivity index (χ1n) is 6.09. The van der Waals surface area contributed by atoms with E-state index in [1.165, 1.54) is 5.56 Å². The van der Waals surface area contributed by atoms with E-state index < -0.39 is 22.7 Å². The first-order chi connectivity index (χ1) is 9.46. The molecule has 2 N–H and O–H groups in total. The Morgan fingerprint density at radius 2 is 2.10 bits per heavy atom. The van der Waals surface area contributed by atoms with Crippen LogP contribution in [0, 0.1) is 0 Å². The fraction of sp³-hybridized carbons (Fsp3) is 0.417. The quantitative estimate of drug-likeness (QED) is 0.660. The molecule has 0 saturated heterocycles. The molecule has 110 valence electrons. The standard InChI is InChI=1S/C12H16N2O5S/c15-12(16)7-14-20(17,18)13-6-9-1-2-10-3-4-19-8-11(10)5-9/h1-2,5,13-14H,3-4,6-8H2,(H,15,16)/p-1. The molecule has 0 spiro atoms. The maximum absolute atomic E-state index is 11.5. The number of rotatable bonds is 6. The molecule has 0 bridgehead atoms. The van der Waals surface area contributed by atoms with Crippen LogP contribution in [0.25, 0.3) is 0 Å². The molecule has 1 aliphatic heterocycles. The number of benzene rings is 1. The number of nitrogens with one attached hydrogen (secondary N) is 2. The summed E-state index contributed by atoms with van der Waals surface area (Å²) in [4.78, 5) is 10.2. The van der Waals surface area contributed by atoms with Gasteiger partial charge in [0.05, 0.1) is 25.7 Å². The number of carbonyl (C=O) groups excluding carboxylic acids is 1. The monoisotopic (exact) mass is 299 g/mol. The molecule has 0 aromatic heterocycles. The van der Waals surface area contributed by atoms with Crippen molar-refractivity contribution >= 4 is 16.2 Å². The topological polar surface area (TPSA) is 108 Å². The third-order valence-electron chi connectivity index (χ3n) is 2.92. The van der Waals surface area contributed by atoms with Crippen LogP contribution in [0.5, 0.6) is 0 Å². The normalized spacial score (nSPS) is 14.8. The van der Waals surface area contributed by atoms with Crippen molar-refractivity contribution < 1.29 is 23.1 Å². The summed E-state index contributed by atoms with van der Waals surface area (Å²) in [6, 6.07) is 5.68. The average molecular weight is 299 g/mol. The van der Waals surface area contributed by atoms with Gasteiger partial charge < -0.3 is 14.6 Å². The molecule has 1 aromatic carbocycles. The highest BCUT2D eigenvalue weighted by atomic mass is 32.2. The maximum atomic E-state index is 11.5. The van der Waals surface area contributed by atoms with Gasteiger partial charge in [-0.3, -0.25) is 0 Å². The number of carbonyl (C=O) groups is 1. The highest BCUT2D eigenvalue weighted by molar-refractivity contribution is 7.87. The molecule has 2 rings (SSSR count). The molecule has 7 nitrogen and oxygen atoms in total. The van der Waals surface area contributed by atoms with Crippen LogP contribution in [0.1, 0.15) is 16.7 Å². The second-order valence-corrected chi connectivity index (χ2v) is 6.01. The van der Waals surface area contributed by atoms with Gasteiger partial charge in [0.2, 0.25) is 0 Å². The van der Waals surface area contributed by atoms with E-state index in [1.54, 1.807) is 0 Å². The van der Waals surface area contributed by atoms with Crippen LogP contribution in [0.2, 0.25) is 0 Å². The minimum atomic E-state index is -3.85. The van der Waals surface area contributed by atoms with Gasteiger partial charge in [-0.05, 0) is 23.1 Å². The summed E-state index contributed by atoms with van der Waals surface area (Å²) < 4.78 is 32.4. The number of carboxylic acids is 1. The lowest BCUT2D eigenvalue weighted by molar-refractivity contribution is -0.303. The number of fused-ring (bicyclic) bond motifs is 1. The average Bonchev–Trinajstić information content (AvgIpc) is 2.43. The van der Waals surface area contributed by atoms with Gasteiger partial charge in [0, 0.05) is 6.54 Å². The van der Waals surface area contributed by atoms with Crippen LogP contribution in [0.3, 0.4) is 0 Å². The van der Waals surface area contributed by atoms with Crippen molar-refractivity contribution in [1.82, 2.24) is 9.44 Å². The van der Waals surface area contributed by atoms with Crippen LogP contribution >= 0.6 is 0 Å². The number of ether oxygens (including phenoxy) is 1. The lowest BCUT2D eigenvalue weighted by Crippen LogP contribution is -2.43. The van der Waals surface area contributed by atoms with Gasteiger partial charge in [-0.25, -0.2) is 0 Å². The van der Waals surface area contributed by atoms with Gasteiger partial charge in [0.15, 0.2) is 0 Å². The zero-order chi connectivity index (χ0) is 14.6. The molecular weight excluding hydrogens is 284 g/mol. The van der Waals surface area contributed by atoms with Gasteiger partial charge >= 0.3 is 0 Å². The largest absolute Gasteiger partial charge is 0.549 e. The fourth-order valence-electron chi connectivity index (χ4n) is 1.92. The second-order valence-electron chi connectivity index (χ2n) is 4.42. The number of hydrogen-bond acceptors (Lipinski definition) is 5. The summed E-state index contributed by atoms with van der Waals surface area (Å²) in [6.45, 7) is 0.550. The number of carboxylic acid groups (broad SMARTS) is 1. The Hall–Kier alpha value is -1.48. The smallest absolute Gasteiger partial charge is 0.277 e. The Labute approximate surface area is 117 Å². The molecule has 1 aromatic rings. The van der Waals surface area contributed by atoms with Crippen LogP contribution in [0.15, 0.2) is 18.2 Å². The second kappa shape index (κ2) is 6.31. The van der Waals surface area contributed by atoms with Gasteiger partial charge in [0.25, 0.3) is 10.2 Å². The summed E-state index contributed by atoms with van der Waals surface area (Å²) in [5, 5.41) is 10.2. The van der Waals surface area contributed by atoms with Gasteiger partial charge in [-0.2, -0.15) is 17.9 Å². The minimum Gasteiger partial charge on any atom is -0.549 e. The van der Waals surface area contributed by atoms with Crippen molar-refractivity contribution in [3.05, 3.63) is 34.9 Å². The molecule has 1 aliphatic rings. The minimum absolute atomic E-state index is 0.0790. The lowest BCUT2D eigenvalue weighted by Gasteiger charge is -2.17. The van der Waals surface area contributed by atoms with E-state index in [1.807, 2.05) is 22.9 Å². The van der Waals surface area contributed by atoms with Crippen molar-refractivity contribution in [3.63, 3.8) is 0 Å². The molecule has 0 unspecified atom stereocenters. The van der Waals surface area contributed by atoms with Crippen molar-refractivity contribution in [3.8, 4) is 0 Å². The van der Waals surface area contributed by atoms with E-state index >= 15 is 0 Å². The van der Waals surface area contributed by atoms with Crippen molar-refractivity contribution in [2.24, 2.45) is 0 Å². The first kappa shape index (κ1) is 14.9. The molecule has 0 amide bonds. The Bertz CT molecular complexity index is 600. The van der Waals surface area contributed by atoms with E-state index in [9.17, 15) is 18.3 Å². The van der Waals surface area contributed by atoms with E-state index in [2.05, 4.69) is 4.72 Å². The summed E-state index contributed by atoms with van der Waals surface area (Å²) in [5.74, 6) is -1.48. The fourth-order valence-corrected chi connectivity index (χ4v) is 2.68. The van der Waals surface area contributed by atoms with Crippen LogP contribution < -0.4 is 14.6 Å². The molecule has 0 radical (unpaired) electrons. The van der Waals surface area contributed by atoms with Gasteiger partial charge in [-0.15, -0.1) is 0 Å². The number of aliphatic carboxylic acids is 1. The summed E-state index contributed by atoms with van der Waals surface area (Å²) in [6.07, 6.45) is 0.856. The predicted molar refractivity (Wildman–Crippen MR) is 68.6 cm³/mol. The summed E-state index contributed by atoms with van der Waals surface area (Å²) >= 11 is 0. The van der Waals surface area contributed by atoms with E-state index in [4.69, 9.17) is 4.74 Å². The molecular formula is C12H15N2O5S-. The van der Waals surface area contributed by atoms with Crippen molar-refractivity contribution in [2.45, 2.75) is 19.6 Å². The third-order valence-corrected chi connectivity index (χ3v) is 3.97. The van der Waals surface area contributed by atoms with Crippen LogP contribution in [-0.4, -0.2) is 27.5 Å². The van der Waals surface area contributed by atoms with Crippen LogP contribution in [0.4, 0.5) is 0 Å². The molecule has 0 fully saturated rings. The van der Waals surface area contributed by atoms with E-state index in [0.717, 1.165) is 17.5 Å². The van der Waals surface area contributed by atoms with Crippen molar-refractivity contribution in [1.29, 1.82) is 0 Å². The van der Waals surface area contributed by atoms with Crippen molar-refractivity contribution in [2.75, 3.05) is 13.2 Å². The Morgan fingerprint density at radius 3 is 2.85 bits per heavy atom. The van der Waals surface area contributed by atoms with Gasteiger partial charge in [-0.1, -0.05) is 18.2 Å². The molecule has 20 heavy (non-hydrogen) atoms. The van der Waals surface area contributed by atoms with E-state index in [0.29, 0.717) is 13.2 Å². The maximum Gasteiger partial charge on any atom is 0.277 e. The molecule has 1 heterocycles. The molecule has 0 aliphatic carbocycles. The Morgan fingerprint density at radius 1 is 1.30 bits per heavy atom. The zero-order valence-corrected chi connectivity index (χ0v) is 11.5. The zero-order valence-electron chi connectivity index (χ0n) is 10.7. The molecule has 0 atom stereocenters. The molecule has 0 saturated carbocycles. The highest BCUT2D eigenvalue weighted by Crippen LogP contribution is 2.18. The summed E-state index contributed by atoms with van der Waals surface area (Å²) in [7, 11) is -3.85. The SMILES string of the molecule is O=C([O-])CNS(=O)(=O)NCc1ccc2c(c1)COCC2. The Kier molecular flexibility index (Phi) is 4.71. The first-order valence-corrected chi connectivity index (χ1v) is 7.57. The highest BCUT2D eigenvalue weighted by Gasteiger charge is 2.12. The Balaban J connectivity index is 1.95. The molecule has 8 heteroatoms. The third kappa shape index (κ3) is 4.27. The lowest BCUT2D eigenvalue weighted by atomic mass is 10.0. The number of hydrogen-bond donors (Lipinski definition) is 2. The predicted octanol–water partition coefficient (Wildman–Crippen LogP) is -1.57. The van der Waals surface area contributed by atoms with E-state index in [-0.39, 0.29) is 6.54 Å². The van der Waals surface area contributed by atoms with Crippen LogP contribution in [-0.2, 0) is 39.3 Å². The van der Waals surface area contributed by atoms with Gasteiger partial charge in [0.1, 0.15) is 0 Å².